The lowest BCUT2D eigenvalue weighted by Gasteiger charge is -2.34. The van der Waals surface area contributed by atoms with Crippen molar-refractivity contribution < 1.29 is 4.74 Å². The van der Waals surface area contributed by atoms with Crippen LogP contribution in [0.4, 0.5) is 0 Å². The Labute approximate surface area is 81.2 Å². The summed E-state index contributed by atoms with van der Waals surface area (Å²) in [6.07, 6.45) is 2.58. The van der Waals surface area contributed by atoms with Gasteiger partial charge in [-0.3, -0.25) is 0 Å². The number of nitrogens with two attached hydrogens (primary N) is 1. The van der Waals surface area contributed by atoms with Crippen LogP contribution in [-0.4, -0.2) is 44.3 Å². The smallest absolute Gasteiger partial charge is 0.0589 e. The Morgan fingerprint density at radius 3 is 3.00 bits per heavy atom. The van der Waals surface area contributed by atoms with Gasteiger partial charge in [0.25, 0.3) is 0 Å². The van der Waals surface area contributed by atoms with Crippen molar-refractivity contribution in [2.45, 2.75) is 25.8 Å². The Morgan fingerprint density at radius 2 is 2.38 bits per heavy atom. The molecule has 0 aliphatic carbocycles. The summed E-state index contributed by atoms with van der Waals surface area (Å²) in [7, 11) is 1.76. The zero-order valence-corrected chi connectivity index (χ0v) is 8.83. The zero-order chi connectivity index (χ0) is 9.68. The molecule has 0 aromatic heterocycles. The van der Waals surface area contributed by atoms with Gasteiger partial charge in [0.15, 0.2) is 0 Å². The van der Waals surface area contributed by atoms with E-state index in [1.165, 1.54) is 19.4 Å². The Morgan fingerprint density at radius 1 is 1.62 bits per heavy atom. The molecule has 1 fully saturated rings. The van der Waals surface area contributed by atoms with Gasteiger partial charge in [0.1, 0.15) is 0 Å². The van der Waals surface area contributed by atoms with Gasteiger partial charge in [0, 0.05) is 26.2 Å². The Hall–Kier alpha value is -0.120. The minimum Gasteiger partial charge on any atom is -0.383 e. The van der Waals surface area contributed by atoms with E-state index in [1.807, 2.05) is 0 Å². The second-order valence-electron chi connectivity index (χ2n) is 4.05. The summed E-state index contributed by atoms with van der Waals surface area (Å²) in [5.41, 5.74) is 5.90. The van der Waals surface area contributed by atoms with Crippen molar-refractivity contribution in [3.63, 3.8) is 0 Å². The maximum absolute atomic E-state index is 5.90. The van der Waals surface area contributed by atoms with Crippen molar-refractivity contribution in [1.82, 2.24) is 4.90 Å². The van der Waals surface area contributed by atoms with Crippen LogP contribution in [0.15, 0.2) is 0 Å². The Kier molecular flexibility index (Phi) is 4.70. The van der Waals surface area contributed by atoms with Crippen molar-refractivity contribution in [1.29, 1.82) is 0 Å². The summed E-state index contributed by atoms with van der Waals surface area (Å²) in [6.45, 7) is 6.38. The molecule has 0 unspecified atom stereocenters. The molecule has 0 saturated carbocycles. The summed E-state index contributed by atoms with van der Waals surface area (Å²) in [6, 6.07) is 0.338. The third kappa shape index (κ3) is 3.63. The molecule has 1 aliphatic rings. The van der Waals surface area contributed by atoms with Crippen LogP contribution in [0.1, 0.15) is 19.8 Å². The maximum atomic E-state index is 5.90. The monoisotopic (exact) mass is 186 g/mol. The second kappa shape index (κ2) is 5.58. The van der Waals surface area contributed by atoms with Gasteiger partial charge in [-0.15, -0.1) is 0 Å². The topological polar surface area (TPSA) is 38.5 Å². The summed E-state index contributed by atoms with van der Waals surface area (Å²) in [5, 5.41) is 0. The van der Waals surface area contributed by atoms with Crippen molar-refractivity contribution in [2.75, 3.05) is 33.4 Å². The predicted molar refractivity (Wildman–Crippen MR) is 54.7 cm³/mol. The van der Waals surface area contributed by atoms with E-state index in [0.29, 0.717) is 12.0 Å². The van der Waals surface area contributed by atoms with Crippen LogP contribution in [-0.2, 0) is 4.74 Å². The van der Waals surface area contributed by atoms with Gasteiger partial charge in [-0.25, -0.2) is 0 Å². The lowest BCUT2D eigenvalue weighted by Crippen LogP contribution is -2.43. The zero-order valence-electron chi connectivity index (χ0n) is 8.83. The van der Waals surface area contributed by atoms with E-state index in [9.17, 15) is 0 Å². The average Bonchev–Trinajstić information content (AvgIpc) is 2.15. The molecule has 2 atom stereocenters. The maximum Gasteiger partial charge on any atom is 0.0589 e. The molecule has 13 heavy (non-hydrogen) atoms. The van der Waals surface area contributed by atoms with E-state index < -0.39 is 0 Å². The fourth-order valence-corrected chi connectivity index (χ4v) is 1.94. The number of likely N-dealkylation sites (tertiary alicyclic amines) is 1. The molecule has 2 N–H and O–H groups in total. The number of piperidine rings is 1. The molecule has 1 aliphatic heterocycles. The largest absolute Gasteiger partial charge is 0.383 e. The number of hydrogen-bond donors (Lipinski definition) is 1. The number of methoxy groups -OCH3 is 1. The second-order valence-corrected chi connectivity index (χ2v) is 4.05. The van der Waals surface area contributed by atoms with Crippen LogP contribution >= 0.6 is 0 Å². The molecular formula is C10H22N2O. The van der Waals surface area contributed by atoms with Crippen LogP contribution in [0, 0.1) is 5.92 Å². The molecule has 1 saturated heterocycles. The normalized spacial score (nSPS) is 27.5. The van der Waals surface area contributed by atoms with Gasteiger partial charge < -0.3 is 15.4 Å². The first kappa shape index (κ1) is 11.0. The fourth-order valence-electron chi connectivity index (χ4n) is 1.94. The van der Waals surface area contributed by atoms with E-state index in [0.717, 1.165) is 19.7 Å². The minimum absolute atomic E-state index is 0.338. The van der Waals surface area contributed by atoms with Gasteiger partial charge in [-0.05, 0) is 32.2 Å². The molecule has 0 aromatic carbocycles. The Balaban J connectivity index is 2.25. The van der Waals surface area contributed by atoms with Crippen LogP contribution in [0.3, 0.4) is 0 Å². The highest BCUT2D eigenvalue weighted by molar-refractivity contribution is 4.78. The third-order valence-electron chi connectivity index (χ3n) is 2.90. The number of rotatable bonds is 4. The molecule has 78 valence electrons. The van der Waals surface area contributed by atoms with E-state index in [1.54, 1.807) is 7.11 Å². The van der Waals surface area contributed by atoms with Gasteiger partial charge in [0.05, 0.1) is 6.61 Å². The van der Waals surface area contributed by atoms with Gasteiger partial charge in [-0.1, -0.05) is 0 Å². The quantitative estimate of drug-likeness (QED) is 0.702. The van der Waals surface area contributed by atoms with Crippen LogP contribution in [0.5, 0.6) is 0 Å². The third-order valence-corrected chi connectivity index (χ3v) is 2.90. The number of nitrogens with zero attached hydrogens (tertiary/aromatic N) is 1. The molecule has 0 spiro atoms. The first-order valence-corrected chi connectivity index (χ1v) is 5.21. The lowest BCUT2D eigenvalue weighted by molar-refractivity contribution is 0.109. The number of ether oxygens (including phenoxy) is 1. The summed E-state index contributed by atoms with van der Waals surface area (Å²) >= 11 is 0. The fraction of sp³-hybridized carbons (Fsp3) is 1.00. The van der Waals surface area contributed by atoms with Crippen LogP contribution in [0.2, 0.25) is 0 Å². The summed E-state index contributed by atoms with van der Waals surface area (Å²) < 4.78 is 5.07. The minimum atomic E-state index is 0.338. The average molecular weight is 186 g/mol. The molecule has 3 heteroatoms. The highest BCUT2D eigenvalue weighted by Gasteiger charge is 2.21. The van der Waals surface area contributed by atoms with Crippen LogP contribution < -0.4 is 5.73 Å². The summed E-state index contributed by atoms with van der Waals surface area (Å²) in [5.74, 6) is 0.686. The van der Waals surface area contributed by atoms with Crippen molar-refractivity contribution in [2.24, 2.45) is 11.7 Å². The van der Waals surface area contributed by atoms with Crippen LogP contribution in [0.25, 0.3) is 0 Å². The molecule has 1 heterocycles. The molecular weight excluding hydrogens is 164 g/mol. The SMILES string of the molecule is COCCN1CCC[C@@H]([C@@H](C)N)C1. The highest BCUT2D eigenvalue weighted by Crippen LogP contribution is 2.18. The lowest BCUT2D eigenvalue weighted by atomic mass is 9.92. The molecule has 0 amide bonds. The van der Waals surface area contributed by atoms with Crippen molar-refractivity contribution in [3.8, 4) is 0 Å². The van der Waals surface area contributed by atoms with Gasteiger partial charge in [-0.2, -0.15) is 0 Å². The summed E-state index contributed by atoms with van der Waals surface area (Å²) in [4.78, 5) is 2.46. The molecule has 0 aromatic rings. The van der Waals surface area contributed by atoms with Gasteiger partial charge >= 0.3 is 0 Å². The first-order valence-electron chi connectivity index (χ1n) is 5.21. The molecule has 0 bridgehead atoms. The molecule has 0 radical (unpaired) electrons. The van der Waals surface area contributed by atoms with Gasteiger partial charge in [0.2, 0.25) is 0 Å². The first-order chi connectivity index (χ1) is 6.24. The van der Waals surface area contributed by atoms with E-state index in [-0.39, 0.29) is 0 Å². The molecule has 1 rings (SSSR count). The highest BCUT2D eigenvalue weighted by atomic mass is 16.5. The van der Waals surface area contributed by atoms with Crippen molar-refractivity contribution in [3.05, 3.63) is 0 Å². The Bertz CT molecular complexity index is 139. The number of hydrogen-bond acceptors (Lipinski definition) is 3. The predicted octanol–water partition coefficient (Wildman–Crippen LogP) is 0.692. The molecule has 3 nitrogen and oxygen atoms in total. The van der Waals surface area contributed by atoms with Crippen molar-refractivity contribution >= 4 is 0 Å². The standard InChI is InChI=1S/C10H22N2O/c1-9(11)10-4-3-5-12(8-10)6-7-13-2/h9-10H,3-8,11H2,1-2H3/t9-,10-/m1/s1. The van der Waals surface area contributed by atoms with E-state index in [2.05, 4.69) is 11.8 Å². The van der Waals surface area contributed by atoms with E-state index in [4.69, 9.17) is 10.5 Å². The van der Waals surface area contributed by atoms with E-state index >= 15 is 0 Å².